The molecule has 0 N–H and O–H groups in total. The molecule has 1 aliphatic heterocycles. The maximum atomic E-state index is 11.1. The highest BCUT2D eigenvalue weighted by molar-refractivity contribution is 5.70. The molecule has 4 heteroatoms. The van der Waals surface area contributed by atoms with E-state index in [1.54, 1.807) is 6.92 Å². The normalized spacial score (nSPS) is 13.5. The van der Waals surface area contributed by atoms with Gasteiger partial charge in [-0.2, -0.15) is 0 Å². The number of carbonyl (C=O) groups is 1. The van der Waals surface area contributed by atoms with Crippen LogP contribution in [0.1, 0.15) is 12.5 Å². The lowest BCUT2D eigenvalue weighted by Gasteiger charge is -2.18. The Kier molecular flexibility index (Phi) is 4.59. The van der Waals surface area contributed by atoms with Gasteiger partial charge in [0.1, 0.15) is 6.61 Å². The van der Waals surface area contributed by atoms with Gasteiger partial charge in [0.2, 0.25) is 0 Å². The summed E-state index contributed by atoms with van der Waals surface area (Å²) in [6.45, 7) is 4.63. The number of hydrogen-bond acceptors (Lipinski definition) is 4. The molecule has 98 valence electrons. The van der Waals surface area contributed by atoms with Gasteiger partial charge in [-0.15, -0.1) is 0 Å². The zero-order chi connectivity index (χ0) is 12.8. The lowest BCUT2D eigenvalue weighted by Crippen LogP contribution is -2.26. The molecular formula is C14H19NO3. The average Bonchev–Trinajstić information content (AvgIpc) is 2.78. The molecule has 0 fully saturated rings. The number of anilines is 1. The van der Waals surface area contributed by atoms with Crippen molar-refractivity contribution in [1.82, 2.24) is 0 Å². The summed E-state index contributed by atoms with van der Waals surface area (Å²) in [7, 11) is 0. The van der Waals surface area contributed by atoms with Crippen LogP contribution < -0.4 is 4.90 Å². The van der Waals surface area contributed by atoms with Crippen LogP contribution in [0.2, 0.25) is 0 Å². The van der Waals surface area contributed by atoms with Gasteiger partial charge in [0.05, 0.1) is 13.2 Å². The Hall–Kier alpha value is -1.55. The maximum Gasteiger partial charge on any atom is 0.332 e. The summed E-state index contributed by atoms with van der Waals surface area (Å²) in [5, 5.41) is 0. The van der Waals surface area contributed by atoms with Crippen molar-refractivity contribution in [2.24, 2.45) is 0 Å². The second-order valence-corrected chi connectivity index (χ2v) is 4.22. The predicted molar refractivity (Wildman–Crippen MR) is 69.8 cm³/mol. The van der Waals surface area contributed by atoms with Gasteiger partial charge in [0.15, 0.2) is 0 Å². The fourth-order valence-electron chi connectivity index (χ4n) is 2.17. The van der Waals surface area contributed by atoms with Crippen LogP contribution in [0.5, 0.6) is 0 Å². The molecule has 4 nitrogen and oxygen atoms in total. The average molecular weight is 249 g/mol. The van der Waals surface area contributed by atoms with E-state index in [0.717, 1.165) is 19.5 Å². The van der Waals surface area contributed by atoms with Crippen molar-refractivity contribution in [2.75, 3.05) is 37.8 Å². The van der Waals surface area contributed by atoms with Crippen LogP contribution in [0.4, 0.5) is 5.69 Å². The SMILES string of the molecule is CCOC(=O)COCCN1CCc2ccccc21. The lowest BCUT2D eigenvalue weighted by atomic mass is 10.2. The summed E-state index contributed by atoms with van der Waals surface area (Å²) in [6, 6.07) is 8.42. The molecule has 0 unspecified atom stereocenters. The Morgan fingerprint density at radius 1 is 1.39 bits per heavy atom. The van der Waals surface area contributed by atoms with E-state index in [2.05, 4.69) is 29.2 Å². The third kappa shape index (κ3) is 3.23. The summed E-state index contributed by atoms with van der Waals surface area (Å²) in [5.41, 5.74) is 2.68. The molecule has 0 spiro atoms. The van der Waals surface area contributed by atoms with E-state index in [9.17, 15) is 4.79 Å². The quantitative estimate of drug-likeness (QED) is 0.567. The fourth-order valence-corrected chi connectivity index (χ4v) is 2.17. The molecule has 0 aromatic heterocycles. The number of para-hydroxylation sites is 1. The minimum atomic E-state index is -0.292. The number of nitrogens with zero attached hydrogens (tertiary/aromatic N) is 1. The minimum absolute atomic E-state index is 0.0450. The van der Waals surface area contributed by atoms with Gasteiger partial charge in [0, 0.05) is 18.8 Å². The van der Waals surface area contributed by atoms with E-state index in [-0.39, 0.29) is 12.6 Å². The summed E-state index contributed by atoms with van der Waals surface area (Å²) >= 11 is 0. The van der Waals surface area contributed by atoms with Crippen molar-refractivity contribution < 1.29 is 14.3 Å². The molecule has 1 aliphatic rings. The number of rotatable bonds is 6. The Bertz CT molecular complexity index is 406. The van der Waals surface area contributed by atoms with E-state index >= 15 is 0 Å². The topological polar surface area (TPSA) is 38.8 Å². The minimum Gasteiger partial charge on any atom is -0.464 e. The molecule has 0 bridgehead atoms. The van der Waals surface area contributed by atoms with Crippen LogP contribution in [-0.2, 0) is 20.7 Å². The zero-order valence-electron chi connectivity index (χ0n) is 10.7. The van der Waals surface area contributed by atoms with Crippen LogP contribution in [0.3, 0.4) is 0 Å². The predicted octanol–water partition coefficient (Wildman–Crippen LogP) is 1.63. The molecule has 18 heavy (non-hydrogen) atoms. The van der Waals surface area contributed by atoms with Crippen molar-refractivity contribution in [1.29, 1.82) is 0 Å². The molecule has 1 aromatic carbocycles. The molecule has 2 rings (SSSR count). The fraction of sp³-hybridized carbons (Fsp3) is 0.500. The van der Waals surface area contributed by atoms with E-state index < -0.39 is 0 Å². The Labute approximate surface area is 107 Å². The van der Waals surface area contributed by atoms with Crippen LogP contribution in [0.15, 0.2) is 24.3 Å². The summed E-state index contributed by atoms with van der Waals surface area (Å²) < 4.78 is 10.1. The zero-order valence-corrected chi connectivity index (χ0v) is 10.7. The summed E-state index contributed by atoms with van der Waals surface area (Å²) in [4.78, 5) is 13.4. The lowest BCUT2D eigenvalue weighted by molar-refractivity contribution is -0.148. The molecule has 0 saturated carbocycles. The largest absolute Gasteiger partial charge is 0.464 e. The summed E-state index contributed by atoms with van der Waals surface area (Å²) in [6.07, 6.45) is 1.09. The Morgan fingerprint density at radius 2 is 2.22 bits per heavy atom. The summed E-state index contributed by atoms with van der Waals surface area (Å²) in [5.74, 6) is -0.292. The van der Waals surface area contributed by atoms with E-state index in [1.165, 1.54) is 11.3 Å². The van der Waals surface area contributed by atoms with Gasteiger partial charge in [-0.3, -0.25) is 0 Å². The van der Waals surface area contributed by atoms with E-state index in [1.807, 2.05) is 0 Å². The number of ether oxygens (including phenoxy) is 2. The number of benzene rings is 1. The van der Waals surface area contributed by atoms with Gasteiger partial charge in [-0.05, 0) is 25.0 Å². The van der Waals surface area contributed by atoms with Crippen molar-refractivity contribution >= 4 is 11.7 Å². The van der Waals surface area contributed by atoms with Gasteiger partial charge in [-0.1, -0.05) is 18.2 Å². The van der Waals surface area contributed by atoms with Crippen LogP contribution in [-0.4, -0.2) is 38.9 Å². The van der Waals surface area contributed by atoms with E-state index in [4.69, 9.17) is 9.47 Å². The molecule has 1 heterocycles. The van der Waals surface area contributed by atoms with Crippen molar-refractivity contribution in [3.8, 4) is 0 Å². The van der Waals surface area contributed by atoms with Crippen LogP contribution >= 0.6 is 0 Å². The smallest absolute Gasteiger partial charge is 0.332 e. The first-order chi connectivity index (χ1) is 8.81. The van der Waals surface area contributed by atoms with Crippen molar-refractivity contribution in [2.45, 2.75) is 13.3 Å². The Balaban J connectivity index is 1.71. The van der Waals surface area contributed by atoms with Gasteiger partial charge in [-0.25, -0.2) is 4.79 Å². The maximum absolute atomic E-state index is 11.1. The first-order valence-corrected chi connectivity index (χ1v) is 6.37. The molecule has 0 radical (unpaired) electrons. The molecule has 1 aromatic rings. The molecule has 0 atom stereocenters. The number of fused-ring (bicyclic) bond motifs is 1. The third-order valence-electron chi connectivity index (χ3n) is 3.01. The number of esters is 1. The highest BCUT2D eigenvalue weighted by Crippen LogP contribution is 2.26. The second-order valence-electron chi connectivity index (χ2n) is 4.22. The Morgan fingerprint density at radius 3 is 3.06 bits per heavy atom. The van der Waals surface area contributed by atoms with Gasteiger partial charge >= 0.3 is 5.97 Å². The van der Waals surface area contributed by atoms with Crippen LogP contribution in [0, 0.1) is 0 Å². The van der Waals surface area contributed by atoms with Gasteiger partial charge < -0.3 is 14.4 Å². The van der Waals surface area contributed by atoms with Crippen molar-refractivity contribution in [3.05, 3.63) is 29.8 Å². The second kappa shape index (κ2) is 6.40. The first-order valence-electron chi connectivity index (χ1n) is 6.37. The molecule has 0 amide bonds. The number of carbonyl (C=O) groups excluding carboxylic acids is 1. The third-order valence-corrected chi connectivity index (χ3v) is 3.01. The van der Waals surface area contributed by atoms with Gasteiger partial charge in [0.25, 0.3) is 0 Å². The molecular weight excluding hydrogens is 230 g/mol. The monoisotopic (exact) mass is 249 g/mol. The number of hydrogen-bond donors (Lipinski definition) is 0. The first kappa shape index (κ1) is 12.9. The molecule has 0 aliphatic carbocycles. The standard InChI is InChI=1S/C14H19NO3/c1-2-18-14(16)11-17-10-9-15-8-7-12-5-3-4-6-13(12)15/h3-6H,2,7-11H2,1H3. The van der Waals surface area contributed by atoms with Crippen LogP contribution in [0.25, 0.3) is 0 Å². The highest BCUT2D eigenvalue weighted by atomic mass is 16.6. The van der Waals surface area contributed by atoms with E-state index in [0.29, 0.717) is 13.2 Å². The highest BCUT2D eigenvalue weighted by Gasteiger charge is 2.17. The molecule has 0 saturated heterocycles. The van der Waals surface area contributed by atoms with Crippen molar-refractivity contribution in [3.63, 3.8) is 0 Å².